The Hall–Kier alpha value is -1.46. The van der Waals surface area contributed by atoms with E-state index in [0.717, 1.165) is 31.9 Å². The molecular formula is C16H25N3O2. The third-order valence-electron chi connectivity index (χ3n) is 3.99. The molecule has 1 atom stereocenters. The van der Waals surface area contributed by atoms with Crippen molar-refractivity contribution in [3.8, 4) is 0 Å². The Morgan fingerprint density at radius 3 is 2.71 bits per heavy atom. The summed E-state index contributed by atoms with van der Waals surface area (Å²) in [5, 5.41) is 0. The molecule has 1 saturated heterocycles. The van der Waals surface area contributed by atoms with Crippen LogP contribution >= 0.6 is 0 Å². The fourth-order valence-corrected chi connectivity index (χ4v) is 2.63. The average molecular weight is 291 g/mol. The zero-order chi connectivity index (χ0) is 15.1. The number of amides is 1. The quantitative estimate of drug-likeness (QED) is 0.749. The maximum atomic E-state index is 12.0. The van der Waals surface area contributed by atoms with Crippen LogP contribution in [0, 0.1) is 0 Å². The fourth-order valence-electron chi connectivity index (χ4n) is 2.63. The van der Waals surface area contributed by atoms with Crippen LogP contribution in [0.4, 0.5) is 0 Å². The van der Waals surface area contributed by atoms with E-state index in [0.29, 0.717) is 25.7 Å². The van der Waals surface area contributed by atoms with Gasteiger partial charge in [0.15, 0.2) is 0 Å². The molecule has 21 heavy (non-hydrogen) atoms. The molecule has 2 heterocycles. The summed E-state index contributed by atoms with van der Waals surface area (Å²) in [6, 6.07) is 6.31. The third kappa shape index (κ3) is 4.51. The molecule has 0 aromatic carbocycles. The molecule has 1 aliphatic heterocycles. The van der Waals surface area contributed by atoms with Crippen LogP contribution in [0.2, 0.25) is 0 Å². The molecule has 1 aliphatic rings. The zero-order valence-electron chi connectivity index (χ0n) is 13.0. The van der Waals surface area contributed by atoms with Crippen molar-refractivity contribution in [2.45, 2.75) is 26.3 Å². The highest BCUT2D eigenvalue weighted by Gasteiger charge is 2.24. The van der Waals surface area contributed by atoms with E-state index >= 15 is 0 Å². The van der Waals surface area contributed by atoms with E-state index in [1.807, 2.05) is 30.2 Å². The first-order valence-corrected chi connectivity index (χ1v) is 7.73. The SMILES string of the molecule is CCOCCC(=O)N1CCN([C@H](C)c2ccccn2)CC1. The first-order valence-electron chi connectivity index (χ1n) is 7.73. The Bertz CT molecular complexity index is 430. The van der Waals surface area contributed by atoms with E-state index in [1.165, 1.54) is 0 Å². The summed E-state index contributed by atoms with van der Waals surface area (Å²) in [5.74, 6) is 0.202. The second-order valence-electron chi connectivity index (χ2n) is 5.29. The molecule has 1 aromatic rings. The smallest absolute Gasteiger partial charge is 0.224 e. The Morgan fingerprint density at radius 1 is 1.33 bits per heavy atom. The maximum Gasteiger partial charge on any atom is 0.224 e. The number of nitrogens with zero attached hydrogens (tertiary/aromatic N) is 3. The van der Waals surface area contributed by atoms with E-state index in [2.05, 4.69) is 22.9 Å². The number of carbonyl (C=O) groups excluding carboxylic acids is 1. The molecule has 0 radical (unpaired) electrons. The molecule has 0 unspecified atom stereocenters. The molecule has 5 heteroatoms. The summed E-state index contributed by atoms with van der Waals surface area (Å²) in [4.78, 5) is 20.8. The zero-order valence-corrected chi connectivity index (χ0v) is 13.0. The first-order chi connectivity index (χ1) is 10.2. The molecular weight excluding hydrogens is 266 g/mol. The van der Waals surface area contributed by atoms with Crippen molar-refractivity contribution in [1.29, 1.82) is 0 Å². The standard InChI is InChI=1S/C16H25N3O2/c1-3-21-13-7-16(20)19-11-9-18(10-12-19)14(2)15-6-4-5-8-17-15/h4-6,8,14H,3,7,9-13H2,1-2H3/t14-/m1/s1. The molecule has 1 aromatic heterocycles. The van der Waals surface area contributed by atoms with Gasteiger partial charge in [0.1, 0.15) is 0 Å². The number of pyridine rings is 1. The second kappa shape index (κ2) is 8.10. The van der Waals surface area contributed by atoms with Crippen molar-refractivity contribution in [3.63, 3.8) is 0 Å². The van der Waals surface area contributed by atoms with E-state index < -0.39 is 0 Å². The Morgan fingerprint density at radius 2 is 2.10 bits per heavy atom. The predicted octanol–water partition coefficient (Wildman–Crippen LogP) is 1.71. The van der Waals surface area contributed by atoms with Crippen LogP contribution in [-0.2, 0) is 9.53 Å². The van der Waals surface area contributed by atoms with Gasteiger partial charge < -0.3 is 9.64 Å². The molecule has 1 amide bonds. The lowest BCUT2D eigenvalue weighted by atomic mass is 10.1. The van der Waals surface area contributed by atoms with E-state index in [9.17, 15) is 4.79 Å². The van der Waals surface area contributed by atoms with Crippen molar-refractivity contribution in [2.24, 2.45) is 0 Å². The average Bonchev–Trinajstić information content (AvgIpc) is 2.55. The minimum absolute atomic E-state index is 0.202. The number of hydrogen-bond acceptors (Lipinski definition) is 4. The Balaban J connectivity index is 1.79. The summed E-state index contributed by atoms with van der Waals surface area (Å²) < 4.78 is 5.25. The number of ether oxygens (including phenoxy) is 1. The summed E-state index contributed by atoms with van der Waals surface area (Å²) in [5.41, 5.74) is 1.09. The fraction of sp³-hybridized carbons (Fsp3) is 0.625. The topological polar surface area (TPSA) is 45.7 Å². The van der Waals surface area contributed by atoms with Gasteiger partial charge in [-0.15, -0.1) is 0 Å². The lowest BCUT2D eigenvalue weighted by Crippen LogP contribution is -2.49. The summed E-state index contributed by atoms with van der Waals surface area (Å²) >= 11 is 0. The van der Waals surface area contributed by atoms with Gasteiger partial charge >= 0.3 is 0 Å². The molecule has 5 nitrogen and oxygen atoms in total. The van der Waals surface area contributed by atoms with Crippen LogP contribution in [0.1, 0.15) is 32.0 Å². The molecule has 0 saturated carbocycles. The molecule has 116 valence electrons. The predicted molar refractivity (Wildman–Crippen MR) is 81.9 cm³/mol. The van der Waals surface area contributed by atoms with Crippen molar-refractivity contribution >= 4 is 5.91 Å². The number of piperazine rings is 1. The highest BCUT2D eigenvalue weighted by Crippen LogP contribution is 2.19. The van der Waals surface area contributed by atoms with Crippen LogP contribution in [0.25, 0.3) is 0 Å². The van der Waals surface area contributed by atoms with Gasteiger partial charge in [-0.05, 0) is 26.0 Å². The molecule has 0 N–H and O–H groups in total. The minimum Gasteiger partial charge on any atom is -0.381 e. The lowest BCUT2D eigenvalue weighted by Gasteiger charge is -2.37. The van der Waals surface area contributed by atoms with Crippen molar-refractivity contribution in [2.75, 3.05) is 39.4 Å². The van der Waals surface area contributed by atoms with Gasteiger partial charge in [-0.2, -0.15) is 0 Å². The second-order valence-corrected chi connectivity index (χ2v) is 5.29. The monoisotopic (exact) mass is 291 g/mol. The Labute approximate surface area is 126 Å². The summed E-state index contributed by atoms with van der Waals surface area (Å²) in [6.45, 7) is 8.71. The highest BCUT2D eigenvalue weighted by molar-refractivity contribution is 5.76. The largest absolute Gasteiger partial charge is 0.381 e. The minimum atomic E-state index is 0.202. The molecule has 0 bridgehead atoms. The maximum absolute atomic E-state index is 12.0. The van der Waals surface area contributed by atoms with Gasteiger partial charge in [-0.3, -0.25) is 14.7 Å². The van der Waals surface area contributed by atoms with Crippen molar-refractivity contribution < 1.29 is 9.53 Å². The Kier molecular flexibility index (Phi) is 6.14. The highest BCUT2D eigenvalue weighted by atomic mass is 16.5. The van der Waals surface area contributed by atoms with E-state index in [-0.39, 0.29) is 5.91 Å². The third-order valence-corrected chi connectivity index (χ3v) is 3.99. The van der Waals surface area contributed by atoms with Gasteiger partial charge in [0, 0.05) is 45.0 Å². The van der Waals surface area contributed by atoms with Crippen molar-refractivity contribution in [3.05, 3.63) is 30.1 Å². The van der Waals surface area contributed by atoms with Gasteiger partial charge in [0.05, 0.1) is 18.7 Å². The van der Waals surface area contributed by atoms with Crippen LogP contribution in [0.3, 0.4) is 0 Å². The molecule has 2 rings (SSSR count). The number of carbonyl (C=O) groups is 1. The van der Waals surface area contributed by atoms with Gasteiger partial charge in [0.2, 0.25) is 5.91 Å². The summed E-state index contributed by atoms with van der Waals surface area (Å²) in [7, 11) is 0. The molecule has 0 spiro atoms. The summed E-state index contributed by atoms with van der Waals surface area (Å²) in [6.07, 6.45) is 2.32. The van der Waals surface area contributed by atoms with E-state index in [4.69, 9.17) is 4.74 Å². The number of aromatic nitrogens is 1. The molecule has 0 aliphatic carbocycles. The van der Waals surface area contributed by atoms with Crippen LogP contribution in [0.5, 0.6) is 0 Å². The van der Waals surface area contributed by atoms with Crippen LogP contribution in [0.15, 0.2) is 24.4 Å². The first kappa shape index (κ1) is 15.9. The lowest BCUT2D eigenvalue weighted by molar-refractivity contribution is -0.134. The van der Waals surface area contributed by atoms with Crippen LogP contribution < -0.4 is 0 Å². The normalized spacial score (nSPS) is 17.7. The van der Waals surface area contributed by atoms with Gasteiger partial charge in [-0.25, -0.2) is 0 Å². The van der Waals surface area contributed by atoms with Gasteiger partial charge in [0.25, 0.3) is 0 Å². The van der Waals surface area contributed by atoms with Crippen LogP contribution in [-0.4, -0.2) is 60.1 Å². The number of rotatable bonds is 6. The number of hydrogen-bond donors (Lipinski definition) is 0. The van der Waals surface area contributed by atoms with E-state index in [1.54, 1.807) is 0 Å². The van der Waals surface area contributed by atoms with Gasteiger partial charge in [-0.1, -0.05) is 6.07 Å². The van der Waals surface area contributed by atoms with Crippen molar-refractivity contribution in [1.82, 2.24) is 14.8 Å². The molecule has 1 fully saturated rings.